The zero-order valence-electron chi connectivity index (χ0n) is 8.59. The Bertz CT molecular complexity index is 297. The molecule has 1 aromatic rings. The first-order chi connectivity index (χ1) is 5.93. The maximum absolute atomic E-state index is 9.41. The van der Waals surface area contributed by atoms with Crippen LogP contribution in [-0.4, -0.2) is 12.2 Å². The summed E-state index contributed by atoms with van der Waals surface area (Å²) in [5.41, 5.74) is 1.11. The number of phenolic OH excluding ortho intramolecular Hbond substituents is 1. The monoisotopic (exact) mass is 180 g/mol. The van der Waals surface area contributed by atoms with Gasteiger partial charge in [0.1, 0.15) is 11.5 Å². The molecule has 2 nitrogen and oxygen atoms in total. The lowest BCUT2D eigenvalue weighted by Gasteiger charge is -2.19. The van der Waals surface area contributed by atoms with E-state index in [0.29, 0.717) is 5.75 Å². The number of phenols is 1. The van der Waals surface area contributed by atoms with E-state index in [2.05, 4.69) is 20.8 Å². The largest absolute Gasteiger partial charge is 0.508 e. The normalized spacial score (nSPS) is 11.4. The number of ether oxygens (including phenoxy) is 1. The van der Waals surface area contributed by atoms with Crippen molar-refractivity contribution in [3.63, 3.8) is 0 Å². The lowest BCUT2D eigenvalue weighted by molar-refractivity contribution is 0.404. The van der Waals surface area contributed by atoms with E-state index >= 15 is 0 Å². The Labute approximate surface area is 79.2 Å². The SMILES string of the molecule is COc1cc(O)cc(C(C)(C)C)c1. The molecule has 13 heavy (non-hydrogen) atoms. The second kappa shape index (κ2) is 3.29. The molecule has 0 spiro atoms. The molecule has 0 aliphatic rings. The van der Waals surface area contributed by atoms with Gasteiger partial charge in [0.2, 0.25) is 0 Å². The van der Waals surface area contributed by atoms with Crippen molar-refractivity contribution in [2.45, 2.75) is 26.2 Å². The van der Waals surface area contributed by atoms with Gasteiger partial charge >= 0.3 is 0 Å². The highest BCUT2D eigenvalue weighted by Gasteiger charge is 2.15. The van der Waals surface area contributed by atoms with Crippen LogP contribution in [-0.2, 0) is 5.41 Å². The molecule has 0 radical (unpaired) electrons. The fraction of sp³-hybridized carbons (Fsp3) is 0.455. The Kier molecular flexibility index (Phi) is 2.50. The number of rotatable bonds is 1. The van der Waals surface area contributed by atoms with E-state index in [1.165, 1.54) is 0 Å². The first kappa shape index (κ1) is 9.90. The van der Waals surface area contributed by atoms with E-state index in [4.69, 9.17) is 4.74 Å². The van der Waals surface area contributed by atoms with Crippen LogP contribution < -0.4 is 4.74 Å². The van der Waals surface area contributed by atoms with Crippen LogP contribution in [0.1, 0.15) is 26.3 Å². The number of hydrogen-bond acceptors (Lipinski definition) is 2. The van der Waals surface area contributed by atoms with Crippen molar-refractivity contribution in [1.82, 2.24) is 0 Å². The zero-order chi connectivity index (χ0) is 10.1. The molecule has 0 atom stereocenters. The minimum absolute atomic E-state index is 0.0338. The molecule has 72 valence electrons. The first-order valence-electron chi connectivity index (χ1n) is 4.32. The summed E-state index contributed by atoms with van der Waals surface area (Å²) in [5.74, 6) is 0.953. The molecule has 1 rings (SSSR count). The molecule has 0 aliphatic carbocycles. The summed E-state index contributed by atoms with van der Waals surface area (Å²) in [6.45, 7) is 6.30. The maximum atomic E-state index is 9.41. The minimum Gasteiger partial charge on any atom is -0.508 e. The summed E-state index contributed by atoms with van der Waals surface area (Å²) in [7, 11) is 1.60. The lowest BCUT2D eigenvalue weighted by Crippen LogP contribution is -2.10. The average molecular weight is 180 g/mol. The van der Waals surface area contributed by atoms with E-state index in [9.17, 15) is 5.11 Å². The molecule has 2 heteroatoms. The molecule has 0 aromatic heterocycles. The molecule has 0 fully saturated rings. The average Bonchev–Trinajstić information content (AvgIpc) is 2.01. The van der Waals surface area contributed by atoms with Crippen LogP contribution in [0.4, 0.5) is 0 Å². The van der Waals surface area contributed by atoms with Crippen molar-refractivity contribution in [2.75, 3.05) is 7.11 Å². The van der Waals surface area contributed by atoms with Gasteiger partial charge in [0.05, 0.1) is 7.11 Å². The summed E-state index contributed by atoms with van der Waals surface area (Å²) in [6, 6.07) is 5.32. The van der Waals surface area contributed by atoms with Crippen LogP contribution in [0.3, 0.4) is 0 Å². The van der Waals surface area contributed by atoms with Crippen LogP contribution in [0, 0.1) is 0 Å². The summed E-state index contributed by atoms with van der Waals surface area (Å²) in [6.07, 6.45) is 0. The lowest BCUT2D eigenvalue weighted by atomic mass is 9.87. The van der Waals surface area contributed by atoms with Gasteiger partial charge in [-0.25, -0.2) is 0 Å². The Balaban J connectivity index is 3.16. The van der Waals surface area contributed by atoms with Crippen molar-refractivity contribution < 1.29 is 9.84 Å². The Hall–Kier alpha value is -1.18. The molecule has 0 saturated heterocycles. The van der Waals surface area contributed by atoms with Gasteiger partial charge in [0, 0.05) is 6.07 Å². The predicted molar refractivity (Wildman–Crippen MR) is 53.4 cm³/mol. The van der Waals surface area contributed by atoms with Crippen LogP contribution >= 0.6 is 0 Å². The fourth-order valence-electron chi connectivity index (χ4n) is 1.13. The highest BCUT2D eigenvalue weighted by molar-refractivity contribution is 5.40. The topological polar surface area (TPSA) is 29.5 Å². The van der Waals surface area contributed by atoms with Crippen molar-refractivity contribution in [1.29, 1.82) is 0 Å². The van der Waals surface area contributed by atoms with Gasteiger partial charge < -0.3 is 9.84 Å². The van der Waals surface area contributed by atoms with Gasteiger partial charge in [-0.1, -0.05) is 20.8 Å². The first-order valence-corrected chi connectivity index (χ1v) is 4.32. The summed E-state index contributed by atoms with van der Waals surface area (Å²) < 4.78 is 5.07. The molecule has 0 amide bonds. The second-order valence-corrected chi connectivity index (χ2v) is 4.17. The summed E-state index contributed by atoms with van der Waals surface area (Å²) in [5, 5.41) is 9.41. The molecule has 0 saturated carbocycles. The molecular formula is C11H16O2. The Morgan fingerprint density at radius 3 is 2.23 bits per heavy atom. The molecule has 1 aromatic carbocycles. The molecular weight excluding hydrogens is 164 g/mol. The third kappa shape index (κ3) is 2.38. The zero-order valence-corrected chi connectivity index (χ0v) is 8.59. The van der Waals surface area contributed by atoms with Crippen LogP contribution in [0.2, 0.25) is 0 Å². The second-order valence-electron chi connectivity index (χ2n) is 4.17. The number of aromatic hydroxyl groups is 1. The van der Waals surface area contributed by atoms with Crippen molar-refractivity contribution in [3.05, 3.63) is 23.8 Å². The van der Waals surface area contributed by atoms with Gasteiger partial charge in [-0.2, -0.15) is 0 Å². The van der Waals surface area contributed by atoms with Crippen LogP contribution in [0.5, 0.6) is 11.5 Å². The Morgan fingerprint density at radius 2 is 1.77 bits per heavy atom. The quantitative estimate of drug-likeness (QED) is 0.720. The third-order valence-electron chi connectivity index (χ3n) is 1.99. The molecule has 0 unspecified atom stereocenters. The molecule has 0 aliphatic heterocycles. The maximum Gasteiger partial charge on any atom is 0.122 e. The van der Waals surface area contributed by atoms with Gasteiger partial charge in [-0.15, -0.1) is 0 Å². The minimum atomic E-state index is 0.0338. The van der Waals surface area contributed by atoms with Crippen molar-refractivity contribution >= 4 is 0 Å². The van der Waals surface area contributed by atoms with E-state index in [1.54, 1.807) is 19.2 Å². The third-order valence-corrected chi connectivity index (χ3v) is 1.99. The highest BCUT2D eigenvalue weighted by atomic mass is 16.5. The van der Waals surface area contributed by atoms with Crippen LogP contribution in [0.15, 0.2) is 18.2 Å². The van der Waals surface area contributed by atoms with Crippen molar-refractivity contribution in [2.24, 2.45) is 0 Å². The Morgan fingerprint density at radius 1 is 1.15 bits per heavy atom. The number of methoxy groups -OCH3 is 1. The molecule has 0 heterocycles. The number of hydrogen-bond donors (Lipinski definition) is 1. The molecule has 1 N–H and O–H groups in total. The standard InChI is InChI=1S/C11H16O2/c1-11(2,3)8-5-9(12)7-10(6-8)13-4/h5-7,12H,1-4H3. The van der Waals surface area contributed by atoms with Crippen molar-refractivity contribution in [3.8, 4) is 11.5 Å². The van der Waals surface area contributed by atoms with Gasteiger partial charge in [0.15, 0.2) is 0 Å². The fourth-order valence-corrected chi connectivity index (χ4v) is 1.13. The van der Waals surface area contributed by atoms with Gasteiger partial charge in [0.25, 0.3) is 0 Å². The highest BCUT2D eigenvalue weighted by Crippen LogP contribution is 2.29. The van der Waals surface area contributed by atoms with E-state index in [0.717, 1.165) is 5.56 Å². The van der Waals surface area contributed by atoms with E-state index in [-0.39, 0.29) is 11.2 Å². The van der Waals surface area contributed by atoms with Gasteiger partial charge in [-0.3, -0.25) is 0 Å². The van der Waals surface area contributed by atoms with E-state index in [1.807, 2.05) is 6.07 Å². The summed E-state index contributed by atoms with van der Waals surface area (Å²) in [4.78, 5) is 0. The predicted octanol–water partition coefficient (Wildman–Crippen LogP) is 2.70. The summed E-state index contributed by atoms with van der Waals surface area (Å²) >= 11 is 0. The van der Waals surface area contributed by atoms with Gasteiger partial charge in [-0.05, 0) is 23.1 Å². The van der Waals surface area contributed by atoms with Crippen LogP contribution in [0.25, 0.3) is 0 Å². The molecule has 0 bridgehead atoms. The van der Waals surface area contributed by atoms with E-state index < -0.39 is 0 Å². The smallest absolute Gasteiger partial charge is 0.122 e. The number of benzene rings is 1.